The molecule has 1 saturated heterocycles. The summed E-state index contributed by atoms with van der Waals surface area (Å²) in [6, 6.07) is 5.42. The molecule has 1 aliphatic heterocycles. The summed E-state index contributed by atoms with van der Waals surface area (Å²) in [4.78, 5) is 24.0. The van der Waals surface area contributed by atoms with Crippen molar-refractivity contribution < 1.29 is 19.1 Å². The van der Waals surface area contributed by atoms with E-state index in [2.05, 4.69) is 5.43 Å². The van der Waals surface area contributed by atoms with E-state index in [9.17, 15) is 14.0 Å². The van der Waals surface area contributed by atoms with Crippen molar-refractivity contribution in [2.24, 2.45) is 0 Å². The molecule has 19 heavy (non-hydrogen) atoms. The van der Waals surface area contributed by atoms with Gasteiger partial charge in [-0.25, -0.2) is 14.6 Å². The highest BCUT2D eigenvalue weighted by Gasteiger charge is 2.31. The summed E-state index contributed by atoms with van der Waals surface area (Å²) in [5.74, 6) is -0.749. The zero-order valence-corrected chi connectivity index (χ0v) is 10.1. The van der Waals surface area contributed by atoms with E-state index in [1.54, 1.807) is 12.1 Å². The normalized spacial score (nSPS) is 18.2. The molecule has 0 radical (unpaired) electrons. The molecule has 1 aromatic carbocycles. The maximum absolute atomic E-state index is 12.9. The summed E-state index contributed by atoms with van der Waals surface area (Å²) in [7, 11) is 0. The highest BCUT2D eigenvalue weighted by molar-refractivity contribution is 5.87. The molecule has 102 valence electrons. The van der Waals surface area contributed by atoms with Crippen molar-refractivity contribution in [3.8, 4) is 0 Å². The second-order valence-electron chi connectivity index (χ2n) is 4.25. The fraction of sp³-hybridized carbons (Fsp3) is 0.333. The minimum Gasteiger partial charge on any atom is -0.464 e. The molecule has 1 aromatic rings. The second-order valence-corrected chi connectivity index (χ2v) is 4.25. The third kappa shape index (κ3) is 3.12. The smallest absolute Gasteiger partial charge is 0.423 e. The molecule has 0 bridgehead atoms. The van der Waals surface area contributed by atoms with Gasteiger partial charge in [0.25, 0.3) is 5.91 Å². The number of amides is 2. The fourth-order valence-corrected chi connectivity index (χ4v) is 2.18. The average molecular weight is 267 g/mol. The van der Waals surface area contributed by atoms with Crippen molar-refractivity contribution in [3.05, 3.63) is 30.1 Å². The number of hydrogen-bond acceptors (Lipinski definition) is 3. The number of benzene rings is 1. The first-order valence-corrected chi connectivity index (χ1v) is 5.89. The minimum absolute atomic E-state index is 0.337. The number of nitrogens with zero attached hydrogens (tertiary/aromatic N) is 1. The van der Waals surface area contributed by atoms with Gasteiger partial charge in [0.15, 0.2) is 0 Å². The van der Waals surface area contributed by atoms with Gasteiger partial charge in [-0.1, -0.05) is 0 Å². The molecule has 0 aromatic heterocycles. The first-order chi connectivity index (χ1) is 9.08. The Bertz CT molecular complexity index is 478. The molecule has 0 spiro atoms. The highest BCUT2D eigenvalue weighted by Crippen LogP contribution is 2.25. The van der Waals surface area contributed by atoms with Crippen LogP contribution in [0.25, 0.3) is 0 Å². The van der Waals surface area contributed by atoms with Crippen LogP contribution in [0.5, 0.6) is 0 Å². The van der Waals surface area contributed by atoms with E-state index in [0.29, 0.717) is 13.0 Å². The molecule has 2 rings (SSSR count). The molecule has 1 aliphatic rings. The highest BCUT2D eigenvalue weighted by atomic mass is 19.1. The number of carbonyl (C=O) groups is 2. The van der Waals surface area contributed by atoms with Crippen molar-refractivity contribution in [2.45, 2.75) is 18.9 Å². The van der Waals surface area contributed by atoms with Gasteiger partial charge in [0.2, 0.25) is 0 Å². The van der Waals surface area contributed by atoms with E-state index >= 15 is 0 Å². The van der Waals surface area contributed by atoms with Crippen molar-refractivity contribution >= 4 is 17.7 Å². The van der Waals surface area contributed by atoms with Gasteiger partial charge in [0.05, 0.1) is 0 Å². The Morgan fingerprint density at radius 1 is 1.26 bits per heavy atom. The lowest BCUT2D eigenvalue weighted by Crippen LogP contribution is -2.50. The Balaban J connectivity index is 2.06. The zero-order valence-electron chi connectivity index (χ0n) is 10.1. The van der Waals surface area contributed by atoms with Gasteiger partial charge in [0.1, 0.15) is 11.9 Å². The summed E-state index contributed by atoms with van der Waals surface area (Å²) >= 11 is 0. The van der Waals surface area contributed by atoms with Gasteiger partial charge in [-0.3, -0.25) is 10.2 Å². The Labute approximate surface area is 109 Å². The summed E-state index contributed by atoms with van der Waals surface area (Å²) in [5.41, 5.74) is 4.71. The van der Waals surface area contributed by atoms with Crippen LogP contribution in [-0.4, -0.2) is 29.7 Å². The summed E-state index contributed by atoms with van der Waals surface area (Å²) in [6.07, 6.45) is 0.132. The van der Waals surface area contributed by atoms with Gasteiger partial charge in [-0.05, 0) is 37.1 Å². The number of carbonyl (C=O) groups excluding carboxylic acids is 1. The van der Waals surface area contributed by atoms with Crippen molar-refractivity contribution in [3.63, 3.8) is 0 Å². The Hall–Kier alpha value is -2.31. The number of hydrazine groups is 1. The number of carboxylic acid groups (broad SMARTS) is 1. The maximum Gasteiger partial charge on any atom is 0.423 e. The van der Waals surface area contributed by atoms with Crippen LogP contribution in [0, 0.1) is 5.82 Å². The Morgan fingerprint density at radius 2 is 1.95 bits per heavy atom. The van der Waals surface area contributed by atoms with E-state index in [1.165, 1.54) is 12.1 Å². The summed E-state index contributed by atoms with van der Waals surface area (Å²) in [6.45, 7) is 0.677. The van der Waals surface area contributed by atoms with E-state index in [-0.39, 0.29) is 5.82 Å². The third-order valence-electron chi connectivity index (χ3n) is 3.01. The van der Waals surface area contributed by atoms with E-state index in [4.69, 9.17) is 5.11 Å². The molecular weight excluding hydrogens is 253 g/mol. The number of halogens is 1. The molecule has 2 amide bonds. The van der Waals surface area contributed by atoms with Crippen LogP contribution in [0.15, 0.2) is 24.3 Å². The van der Waals surface area contributed by atoms with Crippen molar-refractivity contribution in [2.75, 3.05) is 11.4 Å². The lowest BCUT2D eigenvalue weighted by Gasteiger charge is -2.25. The minimum atomic E-state index is -1.32. The number of nitrogens with one attached hydrogen (secondary N) is 2. The third-order valence-corrected chi connectivity index (χ3v) is 3.01. The van der Waals surface area contributed by atoms with Crippen molar-refractivity contribution in [1.82, 2.24) is 10.9 Å². The molecule has 6 nitrogen and oxygen atoms in total. The molecular formula is C12H14FN3O3. The molecule has 1 fully saturated rings. The quantitative estimate of drug-likeness (QED) is 0.701. The molecule has 3 N–H and O–H groups in total. The summed E-state index contributed by atoms with van der Waals surface area (Å²) in [5, 5.41) is 8.44. The second kappa shape index (κ2) is 5.55. The Kier molecular flexibility index (Phi) is 3.84. The van der Waals surface area contributed by atoms with Gasteiger partial charge in [-0.2, -0.15) is 0 Å². The van der Waals surface area contributed by atoms with Gasteiger partial charge >= 0.3 is 6.09 Å². The fourth-order valence-electron chi connectivity index (χ4n) is 2.18. The largest absolute Gasteiger partial charge is 0.464 e. The summed E-state index contributed by atoms with van der Waals surface area (Å²) < 4.78 is 12.9. The molecule has 7 heteroatoms. The van der Waals surface area contributed by atoms with Crippen LogP contribution < -0.4 is 15.8 Å². The van der Waals surface area contributed by atoms with Gasteiger partial charge < -0.3 is 10.0 Å². The number of hydrogen-bond donors (Lipinski definition) is 3. The standard InChI is InChI=1S/C12H14FN3O3/c13-8-3-5-9(6-4-8)16-7-1-2-10(16)11(17)14-15-12(18)19/h3-6,10,15H,1-2,7H2,(H,14,17)(H,18,19). The lowest BCUT2D eigenvalue weighted by molar-refractivity contribution is -0.123. The predicted octanol–water partition coefficient (Wildman–Crippen LogP) is 1.09. The van der Waals surface area contributed by atoms with Gasteiger partial charge in [0, 0.05) is 12.2 Å². The maximum atomic E-state index is 12.9. The van der Waals surface area contributed by atoms with Crippen LogP contribution in [0.3, 0.4) is 0 Å². The molecule has 0 saturated carbocycles. The van der Waals surface area contributed by atoms with E-state index in [0.717, 1.165) is 12.1 Å². The monoisotopic (exact) mass is 267 g/mol. The SMILES string of the molecule is O=C(O)NNC(=O)C1CCCN1c1ccc(F)cc1. The number of rotatable bonds is 2. The zero-order chi connectivity index (χ0) is 13.8. The lowest BCUT2D eigenvalue weighted by atomic mass is 10.2. The van der Waals surface area contributed by atoms with E-state index in [1.807, 2.05) is 10.3 Å². The molecule has 0 aliphatic carbocycles. The molecule has 1 atom stereocenters. The van der Waals surface area contributed by atoms with Crippen molar-refractivity contribution in [1.29, 1.82) is 0 Å². The van der Waals surface area contributed by atoms with E-state index < -0.39 is 18.0 Å². The van der Waals surface area contributed by atoms with Crippen LogP contribution in [-0.2, 0) is 4.79 Å². The average Bonchev–Trinajstić information content (AvgIpc) is 2.86. The molecule has 1 heterocycles. The topological polar surface area (TPSA) is 81.7 Å². The van der Waals surface area contributed by atoms with Crippen LogP contribution in [0.2, 0.25) is 0 Å². The Morgan fingerprint density at radius 3 is 2.58 bits per heavy atom. The van der Waals surface area contributed by atoms with Gasteiger partial charge in [-0.15, -0.1) is 0 Å². The van der Waals surface area contributed by atoms with Crippen LogP contribution >= 0.6 is 0 Å². The molecule has 1 unspecified atom stereocenters. The first-order valence-electron chi connectivity index (χ1n) is 5.89. The first kappa shape index (κ1) is 13.1. The predicted molar refractivity (Wildman–Crippen MR) is 66.1 cm³/mol. The van der Waals surface area contributed by atoms with Crippen LogP contribution in [0.4, 0.5) is 14.9 Å². The number of anilines is 1. The van der Waals surface area contributed by atoms with Crippen LogP contribution in [0.1, 0.15) is 12.8 Å².